The van der Waals surface area contributed by atoms with Crippen molar-refractivity contribution in [2.24, 2.45) is 10.2 Å². The van der Waals surface area contributed by atoms with Crippen LogP contribution in [0.25, 0.3) is 10.9 Å². The van der Waals surface area contributed by atoms with Crippen molar-refractivity contribution in [2.45, 2.75) is 13.8 Å². The Labute approximate surface area is 121 Å². The molecule has 0 unspecified atom stereocenters. The smallest absolute Gasteiger partial charge is 0.277 e. The molecule has 0 amide bonds. The number of fused-ring (bicyclic) bond motifs is 1. The predicted octanol–water partition coefficient (Wildman–Crippen LogP) is 5.51. The van der Waals surface area contributed by atoms with Gasteiger partial charge in [-0.25, -0.2) is 0 Å². The van der Waals surface area contributed by atoms with Gasteiger partial charge in [-0.05, 0) is 55.3 Å². The van der Waals surface area contributed by atoms with Crippen LogP contribution < -0.4 is 0 Å². The molecule has 1 heterocycles. The van der Waals surface area contributed by atoms with Crippen molar-refractivity contribution >= 4 is 34.1 Å². The van der Waals surface area contributed by atoms with E-state index < -0.39 is 0 Å². The molecule has 0 saturated heterocycles. The van der Waals surface area contributed by atoms with E-state index in [0.29, 0.717) is 16.4 Å². The number of aryl methyl sites for hydroxylation is 2. The average molecular weight is 286 g/mol. The van der Waals surface area contributed by atoms with Gasteiger partial charge in [-0.3, -0.25) is 0 Å². The quantitative estimate of drug-likeness (QED) is 0.583. The molecule has 0 radical (unpaired) electrons. The SMILES string of the molecule is Cc1ccc(N=Nc2onc3cc(Cl)ccc23)cc1C. The second-order valence-corrected chi connectivity index (χ2v) is 5.05. The largest absolute Gasteiger partial charge is 0.334 e. The highest BCUT2D eigenvalue weighted by Gasteiger charge is 2.07. The molecule has 3 aromatic rings. The fourth-order valence-corrected chi connectivity index (χ4v) is 2.03. The van der Waals surface area contributed by atoms with Crippen LogP contribution in [0.2, 0.25) is 5.02 Å². The van der Waals surface area contributed by atoms with Crippen LogP contribution in [0.5, 0.6) is 0 Å². The first-order valence-corrected chi connectivity index (χ1v) is 6.55. The number of hydrogen-bond donors (Lipinski definition) is 0. The standard InChI is InChI=1S/C15H12ClN3O/c1-9-3-5-12(7-10(9)2)17-18-15-13-6-4-11(16)8-14(13)19-20-15/h3-8H,1-2H3. The van der Waals surface area contributed by atoms with Crippen molar-refractivity contribution in [3.8, 4) is 0 Å². The number of azo groups is 1. The fraction of sp³-hybridized carbons (Fsp3) is 0.133. The number of hydrogen-bond acceptors (Lipinski definition) is 4. The minimum Gasteiger partial charge on any atom is -0.334 e. The van der Waals surface area contributed by atoms with E-state index in [2.05, 4.69) is 22.3 Å². The minimum absolute atomic E-state index is 0.384. The molecule has 100 valence electrons. The second kappa shape index (κ2) is 5.06. The lowest BCUT2D eigenvalue weighted by Gasteiger charge is -1.98. The van der Waals surface area contributed by atoms with Gasteiger partial charge in [0.05, 0.1) is 11.1 Å². The van der Waals surface area contributed by atoms with E-state index in [-0.39, 0.29) is 0 Å². The van der Waals surface area contributed by atoms with Crippen molar-refractivity contribution in [1.82, 2.24) is 5.16 Å². The predicted molar refractivity (Wildman–Crippen MR) is 79.1 cm³/mol. The van der Waals surface area contributed by atoms with Crippen molar-refractivity contribution < 1.29 is 4.52 Å². The molecule has 2 aromatic carbocycles. The zero-order valence-corrected chi connectivity index (χ0v) is 11.8. The maximum Gasteiger partial charge on any atom is 0.277 e. The molecule has 0 N–H and O–H groups in total. The molecule has 0 aliphatic carbocycles. The molecule has 0 fully saturated rings. The maximum atomic E-state index is 5.90. The number of rotatable bonds is 2. The maximum absolute atomic E-state index is 5.90. The summed E-state index contributed by atoms with van der Waals surface area (Å²) in [5.41, 5.74) is 3.86. The molecule has 4 nitrogen and oxygen atoms in total. The Morgan fingerprint density at radius 2 is 1.85 bits per heavy atom. The van der Waals surface area contributed by atoms with Crippen LogP contribution in [0, 0.1) is 13.8 Å². The Kier molecular flexibility index (Phi) is 3.24. The molecule has 20 heavy (non-hydrogen) atoms. The van der Waals surface area contributed by atoms with Crippen molar-refractivity contribution in [2.75, 3.05) is 0 Å². The van der Waals surface area contributed by atoms with E-state index in [4.69, 9.17) is 16.1 Å². The third kappa shape index (κ3) is 2.42. The Balaban J connectivity index is 1.96. The highest BCUT2D eigenvalue weighted by Crippen LogP contribution is 2.29. The number of nitrogens with zero attached hydrogens (tertiary/aromatic N) is 3. The van der Waals surface area contributed by atoms with Crippen LogP contribution in [0.15, 0.2) is 51.1 Å². The summed E-state index contributed by atoms with van der Waals surface area (Å²) in [5.74, 6) is 0.384. The summed E-state index contributed by atoms with van der Waals surface area (Å²) >= 11 is 5.90. The molecule has 0 aliphatic heterocycles. The first-order chi connectivity index (χ1) is 9.63. The van der Waals surface area contributed by atoms with Gasteiger partial charge in [0.25, 0.3) is 5.88 Å². The second-order valence-electron chi connectivity index (χ2n) is 4.62. The van der Waals surface area contributed by atoms with Crippen molar-refractivity contribution in [1.29, 1.82) is 0 Å². The molecule has 0 aliphatic rings. The zero-order chi connectivity index (χ0) is 14.1. The summed E-state index contributed by atoms with van der Waals surface area (Å²) in [7, 11) is 0. The molecule has 0 atom stereocenters. The minimum atomic E-state index is 0.384. The summed E-state index contributed by atoms with van der Waals surface area (Å²) in [6.45, 7) is 4.10. The van der Waals surface area contributed by atoms with Gasteiger partial charge in [-0.2, -0.15) is 0 Å². The number of halogens is 1. The highest BCUT2D eigenvalue weighted by molar-refractivity contribution is 6.31. The van der Waals surface area contributed by atoms with Crippen LogP contribution in [-0.2, 0) is 0 Å². The fourth-order valence-electron chi connectivity index (χ4n) is 1.87. The molecule has 0 spiro atoms. The van der Waals surface area contributed by atoms with Crippen LogP contribution in [0.3, 0.4) is 0 Å². The lowest BCUT2D eigenvalue weighted by atomic mass is 10.1. The van der Waals surface area contributed by atoms with Crippen molar-refractivity contribution in [3.63, 3.8) is 0 Å². The summed E-state index contributed by atoms with van der Waals surface area (Å²) in [5, 5.41) is 13.6. The normalized spacial score (nSPS) is 11.6. The third-order valence-corrected chi connectivity index (χ3v) is 3.40. The number of benzene rings is 2. The molecular formula is C15H12ClN3O. The first-order valence-electron chi connectivity index (χ1n) is 6.17. The zero-order valence-electron chi connectivity index (χ0n) is 11.1. The van der Waals surface area contributed by atoms with Crippen LogP contribution in [-0.4, -0.2) is 5.16 Å². The van der Waals surface area contributed by atoms with Gasteiger partial charge in [-0.1, -0.05) is 22.8 Å². The molecule has 0 saturated carbocycles. The molecule has 5 heteroatoms. The monoisotopic (exact) mass is 285 g/mol. The molecule has 3 rings (SSSR count). The molecular weight excluding hydrogens is 274 g/mol. The Bertz CT molecular complexity index is 808. The summed E-state index contributed by atoms with van der Waals surface area (Å²) < 4.78 is 5.18. The summed E-state index contributed by atoms with van der Waals surface area (Å²) in [4.78, 5) is 0. The Hall–Kier alpha value is -2.20. The lowest BCUT2D eigenvalue weighted by Crippen LogP contribution is -1.77. The van der Waals surface area contributed by atoms with Crippen LogP contribution >= 0.6 is 11.6 Å². The van der Waals surface area contributed by atoms with Gasteiger partial charge < -0.3 is 4.52 Å². The van der Waals surface area contributed by atoms with Gasteiger partial charge in [0.1, 0.15) is 5.52 Å². The van der Waals surface area contributed by atoms with E-state index in [9.17, 15) is 0 Å². The van der Waals surface area contributed by atoms with E-state index in [0.717, 1.165) is 11.1 Å². The van der Waals surface area contributed by atoms with Gasteiger partial charge in [0.15, 0.2) is 0 Å². The van der Waals surface area contributed by atoms with E-state index in [1.54, 1.807) is 12.1 Å². The van der Waals surface area contributed by atoms with Crippen LogP contribution in [0.1, 0.15) is 11.1 Å². The van der Waals surface area contributed by atoms with Crippen molar-refractivity contribution in [3.05, 3.63) is 52.5 Å². The topological polar surface area (TPSA) is 50.8 Å². The Morgan fingerprint density at radius 1 is 1.00 bits per heavy atom. The van der Waals surface area contributed by atoms with Gasteiger partial charge in [0, 0.05) is 5.02 Å². The molecule has 0 bridgehead atoms. The van der Waals surface area contributed by atoms with E-state index in [1.165, 1.54) is 11.1 Å². The summed E-state index contributed by atoms with van der Waals surface area (Å²) in [6, 6.07) is 11.2. The third-order valence-electron chi connectivity index (χ3n) is 3.17. The van der Waals surface area contributed by atoms with E-state index in [1.807, 2.05) is 31.2 Å². The van der Waals surface area contributed by atoms with Crippen LogP contribution in [0.4, 0.5) is 11.6 Å². The van der Waals surface area contributed by atoms with Gasteiger partial charge >= 0.3 is 0 Å². The van der Waals surface area contributed by atoms with Gasteiger partial charge in [-0.15, -0.1) is 10.2 Å². The number of aromatic nitrogens is 1. The van der Waals surface area contributed by atoms with E-state index >= 15 is 0 Å². The van der Waals surface area contributed by atoms with Gasteiger partial charge in [0.2, 0.25) is 0 Å². The lowest BCUT2D eigenvalue weighted by molar-refractivity contribution is 0.436. The highest BCUT2D eigenvalue weighted by atomic mass is 35.5. The molecule has 1 aromatic heterocycles. The summed E-state index contributed by atoms with van der Waals surface area (Å²) in [6.07, 6.45) is 0. The average Bonchev–Trinajstić information content (AvgIpc) is 2.82. The Morgan fingerprint density at radius 3 is 2.65 bits per heavy atom. The first kappa shape index (κ1) is 12.8.